The van der Waals surface area contributed by atoms with Gasteiger partial charge in [0, 0.05) is 25.2 Å². The maximum Gasteiger partial charge on any atom is 0.254 e. The second-order valence-corrected chi connectivity index (χ2v) is 4.50. The number of hydrogen-bond donors (Lipinski definition) is 1. The lowest BCUT2D eigenvalue weighted by Gasteiger charge is -2.24. The summed E-state index contributed by atoms with van der Waals surface area (Å²) in [5.74, 6) is 0.121. The van der Waals surface area contributed by atoms with Crippen LogP contribution in [0.2, 0.25) is 0 Å². The molecule has 1 aromatic rings. The molecule has 1 aliphatic heterocycles. The van der Waals surface area contributed by atoms with Gasteiger partial charge in [0.05, 0.1) is 0 Å². The van der Waals surface area contributed by atoms with E-state index in [1.54, 1.807) is 6.08 Å². The molecular weight excluding hydrogens is 224 g/mol. The molecule has 1 amide bonds. The number of carbonyl (C=O) groups is 1. The number of fused-ring (bicyclic) bond motifs is 1. The van der Waals surface area contributed by atoms with Crippen LogP contribution < -0.4 is 5.32 Å². The van der Waals surface area contributed by atoms with E-state index in [9.17, 15) is 4.79 Å². The molecule has 0 spiro atoms. The van der Waals surface area contributed by atoms with Crippen molar-refractivity contribution in [2.45, 2.75) is 19.9 Å². The molecule has 2 rings (SSSR count). The van der Waals surface area contributed by atoms with Crippen molar-refractivity contribution in [3.63, 3.8) is 0 Å². The Bertz CT molecular complexity index is 454. The van der Waals surface area contributed by atoms with Crippen molar-refractivity contribution in [2.24, 2.45) is 0 Å². The maximum absolute atomic E-state index is 12.5. The first-order chi connectivity index (χ1) is 8.77. The number of likely N-dealkylation sites (N-methyl/N-ethyl adjacent to an activating group) is 1. The van der Waals surface area contributed by atoms with Gasteiger partial charge in [-0.15, -0.1) is 6.58 Å². The van der Waals surface area contributed by atoms with Crippen molar-refractivity contribution in [2.75, 3.05) is 19.6 Å². The summed E-state index contributed by atoms with van der Waals surface area (Å²) >= 11 is 0. The van der Waals surface area contributed by atoms with E-state index in [2.05, 4.69) is 18.0 Å². The molecule has 0 saturated heterocycles. The number of nitrogens with zero attached hydrogens (tertiary/aromatic N) is 1. The largest absolute Gasteiger partial charge is 0.335 e. The third kappa shape index (κ3) is 2.46. The highest BCUT2D eigenvalue weighted by molar-refractivity contribution is 5.96. The first-order valence-electron chi connectivity index (χ1n) is 6.49. The molecule has 0 aliphatic carbocycles. The van der Waals surface area contributed by atoms with E-state index in [-0.39, 0.29) is 5.91 Å². The normalized spacial score (nSPS) is 13.8. The van der Waals surface area contributed by atoms with Crippen LogP contribution >= 0.6 is 0 Å². The molecule has 3 heteroatoms. The van der Waals surface area contributed by atoms with E-state index < -0.39 is 0 Å². The van der Waals surface area contributed by atoms with Crippen LogP contribution in [0, 0.1) is 0 Å². The Kier molecular flexibility index (Phi) is 4.15. The minimum atomic E-state index is 0.121. The van der Waals surface area contributed by atoms with Gasteiger partial charge in [0.2, 0.25) is 0 Å². The van der Waals surface area contributed by atoms with Crippen molar-refractivity contribution in [1.29, 1.82) is 0 Å². The van der Waals surface area contributed by atoms with Gasteiger partial charge in [-0.1, -0.05) is 18.2 Å². The molecule has 0 unspecified atom stereocenters. The molecule has 96 valence electrons. The van der Waals surface area contributed by atoms with Crippen LogP contribution in [0.25, 0.3) is 0 Å². The minimum Gasteiger partial charge on any atom is -0.335 e. The lowest BCUT2D eigenvalue weighted by Crippen LogP contribution is -2.33. The molecule has 0 fully saturated rings. The summed E-state index contributed by atoms with van der Waals surface area (Å²) in [4.78, 5) is 14.3. The van der Waals surface area contributed by atoms with Gasteiger partial charge in [-0.05, 0) is 37.1 Å². The van der Waals surface area contributed by atoms with E-state index in [1.807, 2.05) is 24.0 Å². The number of amides is 1. The van der Waals surface area contributed by atoms with Gasteiger partial charge in [0.25, 0.3) is 5.91 Å². The van der Waals surface area contributed by atoms with E-state index in [0.29, 0.717) is 13.1 Å². The second kappa shape index (κ2) is 5.83. The highest BCUT2D eigenvalue weighted by Gasteiger charge is 2.20. The Labute approximate surface area is 108 Å². The van der Waals surface area contributed by atoms with Crippen molar-refractivity contribution in [3.8, 4) is 0 Å². The van der Waals surface area contributed by atoms with Gasteiger partial charge < -0.3 is 10.2 Å². The number of benzene rings is 1. The minimum absolute atomic E-state index is 0.121. The molecule has 0 radical (unpaired) electrons. The first kappa shape index (κ1) is 12.8. The summed E-state index contributed by atoms with van der Waals surface area (Å²) < 4.78 is 0. The number of carbonyl (C=O) groups excluding carboxylic acids is 1. The van der Waals surface area contributed by atoms with Crippen molar-refractivity contribution < 1.29 is 4.79 Å². The van der Waals surface area contributed by atoms with Gasteiger partial charge in [-0.2, -0.15) is 0 Å². The lowest BCUT2D eigenvalue weighted by atomic mass is 9.95. The zero-order valence-corrected chi connectivity index (χ0v) is 10.9. The van der Waals surface area contributed by atoms with Crippen LogP contribution in [0.5, 0.6) is 0 Å². The summed E-state index contributed by atoms with van der Waals surface area (Å²) in [6.07, 6.45) is 2.71. The van der Waals surface area contributed by atoms with E-state index in [0.717, 1.165) is 25.1 Å². The second-order valence-electron chi connectivity index (χ2n) is 4.50. The predicted molar refractivity (Wildman–Crippen MR) is 73.6 cm³/mol. The molecule has 0 aromatic heterocycles. The predicted octanol–water partition coefficient (Wildman–Crippen LogP) is 1.98. The van der Waals surface area contributed by atoms with Crippen LogP contribution in [0.15, 0.2) is 30.9 Å². The highest BCUT2D eigenvalue weighted by atomic mass is 16.2. The molecule has 1 N–H and O–H groups in total. The van der Waals surface area contributed by atoms with Gasteiger partial charge >= 0.3 is 0 Å². The van der Waals surface area contributed by atoms with Gasteiger partial charge in [-0.3, -0.25) is 4.79 Å². The SMILES string of the molecule is C=CCN(CC)C(=O)c1cccc2c1CCNC2. The molecule has 1 heterocycles. The Morgan fingerprint density at radius 1 is 1.56 bits per heavy atom. The number of hydrogen-bond acceptors (Lipinski definition) is 2. The van der Waals surface area contributed by atoms with Crippen molar-refractivity contribution >= 4 is 5.91 Å². The van der Waals surface area contributed by atoms with Crippen LogP contribution in [-0.4, -0.2) is 30.4 Å². The molecule has 3 nitrogen and oxygen atoms in total. The van der Waals surface area contributed by atoms with Crippen LogP contribution in [0.3, 0.4) is 0 Å². The van der Waals surface area contributed by atoms with Gasteiger partial charge in [-0.25, -0.2) is 0 Å². The highest BCUT2D eigenvalue weighted by Crippen LogP contribution is 2.20. The Morgan fingerprint density at radius 3 is 3.11 bits per heavy atom. The average Bonchev–Trinajstić information content (AvgIpc) is 2.43. The quantitative estimate of drug-likeness (QED) is 0.821. The third-order valence-electron chi connectivity index (χ3n) is 3.39. The lowest BCUT2D eigenvalue weighted by molar-refractivity contribution is 0.0780. The molecule has 0 saturated carbocycles. The molecule has 18 heavy (non-hydrogen) atoms. The van der Waals surface area contributed by atoms with E-state index in [1.165, 1.54) is 11.1 Å². The molecule has 1 aliphatic rings. The van der Waals surface area contributed by atoms with Gasteiger partial charge in [0.15, 0.2) is 0 Å². The summed E-state index contributed by atoms with van der Waals surface area (Å²) in [7, 11) is 0. The third-order valence-corrected chi connectivity index (χ3v) is 3.39. The molecular formula is C15H20N2O. The summed E-state index contributed by atoms with van der Waals surface area (Å²) in [5.41, 5.74) is 3.32. The Hall–Kier alpha value is -1.61. The standard InChI is InChI=1S/C15H20N2O/c1-3-10-17(4-2)15(18)14-7-5-6-12-11-16-9-8-13(12)14/h3,5-7,16H,1,4,8-11H2,2H3. The fourth-order valence-electron chi connectivity index (χ4n) is 2.41. The zero-order valence-electron chi connectivity index (χ0n) is 10.9. The number of rotatable bonds is 4. The Balaban J connectivity index is 2.32. The number of nitrogens with one attached hydrogen (secondary N) is 1. The summed E-state index contributed by atoms with van der Waals surface area (Å²) in [6.45, 7) is 8.84. The Morgan fingerprint density at radius 2 is 2.39 bits per heavy atom. The van der Waals surface area contributed by atoms with Gasteiger partial charge in [0.1, 0.15) is 0 Å². The van der Waals surface area contributed by atoms with Crippen molar-refractivity contribution in [1.82, 2.24) is 10.2 Å². The smallest absolute Gasteiger partial charge is 0.254 e. The summed E-state index contributed by atoms with van der Waals surface area (Å²) in [5, 5.41) is 3.33. The first-order valence-corrected chi connectivity index (χ1v) is 6.49. The van der Waals surface area contributed by atoms with Crippen LogP contribution in [0.4, 0.5) is 0 Å². The fraction of sp³-hybridized carbons (Fsp3) is 0.400. The topological polar surface area (TPSA) is 32.3 Å². The molecule has 0 bridgehead atoms. The summed E-state index contributed by atoms with van der Waals surface area (Å²) in [6, 6.07) is 6.01. The van der Waals surface area contributed by atoms with Crippen molar-refractivity contribution in [3.05, 3.63) is 47.5 Å². The monoisotopic (exact) mass is 244 g/mol. The van der Waals surface area contributed by atoms with E-state index in [4.69, 9.17) is 0 Å². The average molecular weight is 244 g/mol. The zero-order chi connectivity index (χ0) is 13.0. The van der Waals surface area contributed by atoms with Crippen LogP contribution in [-0.2, 0) is 13.0 Å². The van der Waals surface area contributed by atoms with E-state index >= 15 is 0 Å². The maximum atomic E-state index is 12.5. The fourth-order valence-corrected chi connectivity index (χ4v) is 2.41. The van der Waals surface area contributed by atoms with Crippen LogP contribution in [0.1, 0.15) is 28.4 Å². The molecule has 1 aromatic carbocycles. The molecule has 0 atom stereocenters.